The van der Waals surface area contributed by atoms with Crippen LogP contribution in [0.15, 0.2) is 30.3 Å². The molecule has 0 saturated carbocycles. The van der Waals surface area contributed by atoms with Crippen LogP contribution in [0.5, 0.6) is 5.75 Å². The smallest absolute Gasteiger partial charge is 0.123 e. The van der Waals surface area contributed by atoms with Crippen LogP contribution in [0.3, 0.4) is 0 Å². The lowest BCUT2D eigenvalue weighted by Gasteiger charge is -2.13. The summed E-state index contributed by atoms with van der Waals surface area (Å²) in [5.74, 6) is 0.949. The number of aryl methyl sites for hydroxylation is 1. The van der Waals surface area contributed by atoms with E-state index in [1.807, 2.05) is 11.3 Å². The van der Waals surface area contributed by atoms with E-state index in [2.05, 4.69) is 56.4 Å². The van der Waals surface area contributed by atoms with E-state index < -0.39 is 0 Å². The first kappa shape index (κ1) is 14.1. The summed E-state index contributed by atoms with van der Waals surface area (Å²) in [6.07, 6.45) is 0. The van der Waals surface area contributed by atoms with E-state index in [0.29, 0.717) is 6.04 Å². The molecule has 0 unspecified atom stereocenters. The molecule has 0 aliphatic heterocycles. The van der Waals surface area contributed by atoms with Crippen LogP contribution in [0.25, 0.3) is 10.4 Å². The molecule has 2 rings (SSSR count). The molecule has 19 heavy (non-hydrogen) atoms. The number of hydrogen-bond donors (Lipinski definition) is 1. The number of rotatable bonds is 5. The monoisotopic (exact) mass is 275 g/mol. The van der Waals surface area contributed by atoms with Gasteiger partial charge in [-0.2, -0.15) is 0 Å². The Labute approximate surface area is 119 Å². The van der Waals surface area contributed by atoms with Gasteiger partial charge in [-0.05, 0) is 42.8 Å². The lowest BCUT2D eigenvalue weighted by molar-refractivity contribution is 0.406. The van der Waals surface area contributed by atoms with E-state index in [1.165, 1.54) is 20.9 Å². The van der Waals surface area contributed by atoms with Gasteiger partial charge in [-0.1, -0.05) is 13.8 Å². The average molecular weight is 275 g/mol. The summed E-state index contributed by atoms with van der Waals surface area (Å²) in [7, 11) is 1.73. The minimum atomic E-state index is 0.470. The summed E-state index contributed by atoms with van der Waals surface area (Å²) >= 11 is 1.83. The molecule has 2 aromatic rings. The summed E-state index contributed by atoms with van der Waals surface area (Å²) < 4.78 is 5.44. The van der Waals surface area contributed by atoms with Crippen molar-refractivity contribution in [3.63, 3.8) is 0 Å². The van der Waals surface area contributed by atoms with Crippen LogP contribution in [0.2, 0.25) is 0 Å². The summed E-state index contributed by atoms with van der Waals surface area (Å²) in [4.78, 5) is 2.65. The zero-order chi connectivity index (χ0) is 13.8. The Kier molecular flexibility index (Phi) is 4.61. The molecule has 0 atom stereocenters. The zero-order valence-corrected chi connectivity index (χ0v) is 12.8. The van der Waals surface area contributed by atoms with Crippen molar-refractivity contribution >= 4 is 11.3 Å². The average Bonchev–Trinajstić information content (AvgIpc) is 2.82. The van der Waals surface area contributed by atoms with Crippen molar-refractivity contribution in [2.75, 3.05) is 7.11 Å². The number of ether oxygens (including phenoxy) is 1. The van der Waals surface area contributed by atoms with E-state index in [0.717, 1.165) is 12.3 Å². The number of thiophene rings is 1. The fraction of sp³-hybridized carbons (Fsp3) is 0.375. The molecule has 0 fully saturated rings. The second kappa shape index (κ2) is 6.22. The van der Waals surface area contributed by atoms with Crippen LogP contribution < -0.4 is 10.1 Å². The van der Waals surface area contributed by atoms with Gasteiger partial charge in [0.15, 0.2) is 0 Å². The molecular formula is C16H21NOS. The Balaban J connectivity index is 2.29. The van der Waals surface area contributed by atoms with Crippen molar-refractivity contribution in [2.24, 2.45) is 0 Å². The molecule has 0 spiro atoms. The number of benzene rings is 1. The van der Waals surface area contributed by atoms with Gasteiger partial charge in [-0.25, -0.2) is 0 Å². The lowest BCUT2D eigenvalue weighted by atomic mass is 10.1. The topological polar surface area (TPSA) is 21.3 Å². The van der Waals surface area contributed by atoms with Crippen molar-refractivity contribution in [3.05, 3.63) is 40.8 Å². The first-order valence-corrected chi connectivity index (χ1v) is 7.39. The largest absolute Gasteiger partial charge is 0.496 e. The summed E-state index contributed by atoms with van der Waals surface area (Å²) in [5.41, 5.74) is 2.47. The molecule has 0 bridgehead atoms. The first-order valence-electron chi connectivity index (χ1n) is 6.57. The highest BCUT2D eigenvalue weighted by Crippen LogP contribution is 2.31. The van der Waals surface area contributed by atoms with Gasteiger partial charge in [0.25, 0.3) is 0 Å². The maximum atomic E-state index is 5.44. The number of methoxy groups -OCH3 is 1. The molecule has 0 saturated heterocycles. The van der Waals surface area contributed by atoms with E-state index in [1.54, 1.807) is 7.11 Å². The Morgan fingerprint density at radius 2 is 2.00 bits per heavy atom. The van der Waals surface area contributed by atoms with Crippen LogP contribution in [-0.4, -0.2) is 13.2 Å². The van der Waals surface area contributed by atoms with Crippen molar-refractivity contribution in [3.8, 4) is 16.2 Å². The Morgan fingerprint density at radius 1 is 1.21 bits per heavy atom. The molecule has 1 aromatic heterocycles. The lowest BCUT2D eigenvalue weighted by Crippen LogP contribution is -2.22. The number of nitrogens with one attached hydrogen (secondary N) is 1. The van der Waals surface area contributed by atoms with Gasteiger partial charge < -0.3 is 10.1 Å². The van der Waals surface area contributed by atoms with Crippen molar-refractivity contribution in [1.29, 1.82) is 0 Å². The highest BCUT2D eigenvalue weighted by atomic mass is 32.1. The fourth-order valence-electron chi connectivity index (χ4n) is 1.97. The molecule has 0 aliphatic carbocycles. The van der Waals surface area contributed by atoms with Gasteiger partial charge in [0.2, 0.25) is 0 Å². The molecule has 3 heteroatoms. The SMILES string of the molecule is COc1ccc(-c2ccc(C)s2)cc1CNC(C)C. The van der Waals surface area contributed by atoms with E-state index in [-0.39, 0.29) is 0 Å². The molecule has 1 heterocycles. The van der Waals surface area contributed by atoms with Crippen molar-refractivity contribution in [1.82, 2.24) is 5.32 Å². The zero-order valence-electron chi connectivity index (χ0n) is 12.0. The maximum absolute atomic E-state index is 5.44. The van der Waals surface area contributed by atoms with Gasteiger partial charge in [0, 0.05) is 27.9 Å². The molecule has 0 aliphatic rings. The van der Waals surface area contributed by atoms with Crippen molar-refractivity contribution in [2.45, 2.75) is 33.4 Å². The minimum absolute atomic E-state index is 0.470. The molecule has 102 valence electrons. The Bertz CT molecular complexity index is 545. The fourth-order valence-corrected chi connectivity index (χ4v) is 2.84. The second-order valence-electron chi connectivity index (χ2n) is 4.97. The van der Waals surface area contributed by atoms with Crippen LogP contribution in [0, 0.1) is 6.92 Å². The van der Waals surface area contributed by atoms with Crippen molar-refractivity contribution < 1.29 is 4.74 Å². The van der Waals surface area contributed by atoms with Crippen LogP contribution in [0.4, 0.5) is 0 Å². The van der Waals surface area contributed by atoms with Gasteiger partial charge in [-0.15, -0.1) is 11.3 Å². The second-order valence-corrected chi connectivity index (χ2v) is 6.26. The summed E-state index contributed by atoms with van der Waals surface area (Å²) in [5, 5.41) is 3.44. The summed E-state index contributed by atoms with van der Waals surface area (Å²) in [6, 6.07) is 11.2. The van der Waals surface area contributed by atoms with E-state index in [9.17, 15) is 0 Å². The molecule has 1 aromatic carbocycles. The van der Waals surface area contributed by atoms with Crippen LogP contribution >= 0.6 is 11.3 Å². The normalized spacial score (nSPS) is 11.0. The maximum Gasteiger partial charge on any atom is 0.123 e. The molecule has 2 nitrogen and oxygen atoms in total. The predicted octanol–water partition coefficient (Wildman–Crippen LogP) is 4.23. The van der Waals surface area contributed by atoms with E-state index >= 15 is 0 Å². The Morgan fingerprint density at radius 3 is 2.58 bits per heavy atom. The predicted molar refractivity (Wildman–Crippen MR) is 83.0 cm³/mol. The van der Waals surface area contributed by atoms with E-state index in [4.69, 9.17) is 4.74 Å². The molecular weight excluding hydrogens is 254 g/mol. The third kappa shape index (κ3) is 3.58. The minimum Gasteiger partial charge on any atom is -0.496 e. The van der Waals surface area contributed by atoms with Gasteiger partial charge in [0.1, 0.15) is 5.75 Å². The molecule has 1 N–H and O–H groups in total. The van der Waals surface area contributed by atoms with Gasteiger partial charge in [-0.3, -0.25) is 0 Å². The highest BCUT2D eigenvalue weighted by molar-refractivity contribution is 7.15. The standard InChI is InChI=1S/C16H21NOS/c1-11(2)17-10-14-9-13(6-7-15(14)18-4)16-8-5-12(3)19-16/h5-9,11,17H,10H2,1-4H3. The van der Waals surface area contributed by atoms with Crippen LogP contribution in [-0.2, 0) is 6.54 Å². The van der Waals surface area contributed by atoms with Gasteiger partial charge >= 0.3 is 0 Å². The van der Waals surface area contributed by atoms with Crippen LogP contribution in [0.1, 0.15) is 24.3 Å². The summed E-state index contributed by atoms with van der Waals surface area (Å²) in [6.45, 7) is 7.27. The highest BCUT2D eigenvalue weighted by Gasteiger charge is 2.07. The third-order valence-electron chi connectivity index (χ3n) is 3.01. The number of hydrogen-bond acceptors (Lipinski definition) is 3. The molecule has 0 radical (unpaired) electrons. The Hall–Kier alpha value is -1.32. The third-order valence-corrected chi connectivity index (χ3v) is 4.06. The molecule has 0 amide bonds. The first-order chi connectivity index (χ1) is 9.10. The van der Waals surface area contributed by atoms with Gasteiger partial charge in [0.05, 0.1) is 7.11 Å². The quantitative estimate of drug-likeness (QED) is 0.881.